The minimum Gasteiger partial charge on any atom is -0.497 e. The number of methoxy groups -OCH3 is 1. The molecule has 8 heteroatoms. The highest BCUT2D eigenvalue weighted by atomic mass is 16.5. The maximum absolute atomic E-state index is 13.2. The van der Waals surface area contributed by atoms with E-state index in [4.69, 9.17) is 9.84 Å². The number of aromatic nitrogens is 5. The van der Waals surface area contributed by atoms with Gasteiger partial charge in [0.05, 0.1) is 24.0 Å². The molecule has 0 saturated heterocycles. The first-order chi connectivity index (χ1) is 16.7. The lowest BCUT2D eigenvalue weighted by Gasteiger charge is -2.07. The molecule has 3 aromatic carbocycles. The molecule has 1 amide bonds. The van der Waals surface area contributed by atoms with Crippen LogP contribution >= 0.6 is 0 Å². The number of carbonyl (C=O) groups excluding carboxylic acids is 1. The van der Waals surface area contributed by atoms with E-state index in [-0.39, 0.29) is 5.91 Å². The molecule has 168 valence electrons. The van der Waals surface area contributed by atoms with Gasteiger partial charge < -0.3 is 10.1 Å². The summed E-state index contributed by atoms with van der Waals surface area (Å²) in [6.45, 7) is 0.384. The number of benzene rings is 3. The van der Waals surface area contributed by atoms with Gasteiger partial charge >= 0.3 is 0 Å². The van der Waals surface area contributed by atoms with E-state index in [0.29, 0.717) is 17.8 Å². The maximum Gasteiger partial charge on any atom is 0.255 e. The Hall–Kier alpha value is -4.72. The fourth-order valence-corrected chi connectivity index (χ4v) is 3.60. The van der Waals surface area contributed by atoms with Crippen LogP contribution < -0.4 is 10.1 Å². The zero-order chi connectivity index (χ0) is 23.3. The average Bonchev–Trinajstić information content (AvgIpc) is 3.59. The Labute approximate surface area is 196 Å². The third-order valence-electron chi connectivity index (χ3n) is 5.42. The largest absolute Gasteiger partial charge is 0.497 e. The number of carbonyl (C=O) groups is 1. The van der Waals surface area contributed by atoms with Crippen LogP contribution in [0.2, 0.25) is 0 Å². The van der Waals surface area contributed by atoms with Crippen LogP contribution in [-0.2, 0) is 6.54 Å². The summed E-state index contributed by atoms with van der Waals surface area (Å²) in [4.78, 5) is 17.2. The van der Waals surface area contributed by atoms with Gasteiger partial charge in [-0.3, -0.25) is 4.79 Å². The first-order valence-electron chi connectivity index (χ1n) is 10.7. The number of nitrogens with zero attached hydrogens (tertiary/aromatic N) is 5. The van der Waals surface area contributed by atoms with Gasteiger partial charge in [-0.1, -0.05) is 30.3 Å². The molecule has 0 aliphatic rings. The fraction of sp³-hybridized carbons (Fsp3) is 0.0769. The van der Waals surface area contributed by atoms with Gasteiger partial charge in [-0.15, -0.1) is 0 Å². The van der Waals surface area contributed by atoms with Crippen LogP contribution in [0.4, 0.5) is 0 Å². The molecular weight excluding hydrogens is 428 g/mol. The van der Waals surface area contributed by atoms with Crippen molar-refractivity contribution in [1.29, 1.82) is 0 Å². The Morgan fingerprint density at radius 2 is 1.65 bits per heavy atom. The highest BCUT2D eigenvalue weighted by Crippen LogP contribution is 2.26. The number of para-hydroxylation sites is 1. The predicted molar refractivity (Wildman–Crippen MR) is 128 cm³/mol. The molecule has 0 radical (unpaired) electrons. The molecule has 34 heavy (non-hydrogen) atoms. The zero-order valence-corrected chi connectivity index (χ0v) is 18.5. The Balaban J connectivity index is 1.39. The summed E-state index contributed by atoms with van der Waals surface area (Å²) >= 11 is 0. The summed E-state index contributed by atoms with van der Waals surface area (Å²) in [5.74, 6) is 0.542. The summed E-state index contributed by atoms with van der Waals surface area (Å²) in [7, 11) is 1.62. The van der Waals surface area contributed by atoms with Gasteiger partial charge in [0.1, 0.15) is 24.1 Å². The second-order valence-corrected chi connectivity index (χ2v) is 7.59. The molecule has 1 N–H and O–H groups in total. The summed E-state index contributed by atoms with van der Waals surface area (Å²) in [5, 5.41) is 11.9. The molecule has 0 aliphatic carbocycles. The summed E-state index contributed by atoms with van der Waals surface area (Å²) in [5.41, 5.74) is 4.67. The first kappa shape index (κ1) is 21.1. The van der Waals surface area contributed by atoms with Gasteiger partial charge in [0.2, 0.25) is 0 Å². The van der Waals surface area contributed by atoms with E-state index in [9.17, 15) is 4.79 Å². The van der Waals surface area contributed by atoms with Crippen molar-refractivity contribution in [1.82, 2.24) is 29.9 Å². The van der Waals surface area contributed by atoms with Gasteiger partial charge in [0.15, 0.2) is 0 Å². The molecule has 2 heterocycles. The molecule has 0 spiro atoms. The zero-order valence-electron chi connectivity index (χ0n) is 18.5. The minimum atomic E-state index is -0.201. The molecule has 8 nitrogen and oxygen atoms in total. The molecule has 2 aromatic heterocycles. The van der Waals surface area contributed by atoms with Crippen LogP contribution in [0.5, 0.6) is 5.75 Å². The molecule has 0 atom stereocenters. The first-order valence-corrected chi connectivity index (χ1v) is 10.7. The van der Waals surface area contributed by atoms with Crippen LogP contribution in [0.15, 0.2) is 97.7 Å². The van der Waals surface area contributed by atoms with E-state index in [2.05, 4.69) is 15.4 Å². The summed E-state index contributed by atoms with van der Waals surface area (Å²) in [6, 6.07) is 25.0. The lowest BCUT2D eigenvalue weighted by molar-refractivity contribution is 0.0951. The summed E-state index contributed by atoms with van der Waals surface area (Å²) < 4.78 is 8.67. The maximum atomic E-state index is 13.2. The third kappa shape index (κ3) is 4.42. The second kappa shape index (κ2) is 9.41. The van der Waals surface area contributed by atoms with Crippen molar-refractivity contribution in [3.05, 3.63) is 109 Å². The number of rotatable bonds is 7. The van der Waals surface area contributed by atoms with Crippen molar-refractivity contribution in [3.8, 4) is 28.4 Å². The van der Waals surface area contributed by atoms with Crippen LogP contribution in [0, 0.1) is 0 Å². The Bertz CT molecular complexity index is 1380. The van der Waals surface area contributed by atoms with E-state index in [0.717, 1.165) is 28.3 Å². The molecular formula is C26H22N6O2. The second-order valence-electron chi connectivity index (χ2n) is 7.59. The van der Waals surface area contributed by atoms with Gasteiger partial charge in [-0.25, -0.2) is 14.3 Å². The topological polar surface area (TPSA) is 86.9 Å². The minimum absolute atomic E-state index is 0.201. The normalized spacial score (nSPS) is 10.7. The third-order valence-corrected chi connectivity index (χ3v) is 5.42. The molecule has 0 unspecified atom stereocenters. The average molecular weight is 451 g/mol. The molecule has 5 aromatic rings. The van der Waals surface area contributed by atoms with Gasteiger partial charge in [0, 0.05) is 18.3 Å². The van der Waals surface area contributed by atoms with E-state index >= 15 is 0 Å². The van der Waals surface area contributed by atoms with Crippen molar-refractivity contribution in [2.24, 2.45) is 0 Å². The van der Waals surface area contributed by atoms with Crippen molar-refractivity contribution >= 4 is 5.91 Å². The number of amides is 1. The van der Waals surface area contributed by atoms with Crippen LogP contribution in [0.25, 0.3) is 22.6 Å². The molecule has 0 aliphatic heterocycles. The number of hydrogen-bond donors (Lipinski definition) is 1. The van der Waals surface area contributed by atoms with Crippen molar-refractivity contribution in [2.75, 3.05) is 7.11 Å². The quantitative estimate of drug-likeness (QED) is 0.404. The lowest BCUT2D eigenvalue weighted by Crippen LogP contribution is -2.23. The van der Waals surface area contributed by atoms with Crippen molar-refractivity contribution in [2.45, 2.75) is 6.54 Å². The van der Waals surface area contributed by atoms with E-state index in [1.165, 1.54) is 6.33 Å². The van der Waals surface area contributed by atoms with Crippen LogP contribution in [0.1, 0.15) is 15.9 Å². The SMILES string of the molecule is COc1ccc(-c2nn(-c3ccccc3)cc2C(=O)NCc2ccc(-n3cncn3)cc2)cc1. The monoisotopic (exact) mass is 450 g/mol. The number of ether oxygens (including phenoxy) is 1. The smallest absolute Gasteiger partial charge is 0.255 e. The van der Waals surface area contributed by atoms with Crippen molar-refractivity contribution in [3.63, 3.8) is 0 Å². The Morgan fingerprint density at radius 3 is 2.32 bits per heavy atom. The van der Waals surface area contributed by atoms with Crippen LogP contribution in [0.3, 0.4) is 0 Å². The highest BCUT2D eigenvalue weighted by molar-refractivity contribution is 5.99. The fourth-order valence-electron chi connectivity index (χ4n) is 3.60. The predicted octanol–water partition coefficient (Wildman–Crippen LogP) is 4.06. The number of nitrogens with one attached hydrogen (secondary N) is 1. The van der Waals surface area contributed by atoms with E-state index in [1.54, 1.807) is 29.0 Å². The van der Waals surface area contributed by atoms with Gasteiger partial charge in [-0.2, -0.15) is 10.2 Å². The van der Waals surface area contributed by atoms with Gasteiger partial charge in [0.25, 0.3) is 5.91 Å². The molecule has 0 fully saturated rings. The van der Waals surface area contributed by atoms with E-state index in [1.807, 2.05) is 78.9 Å². The molecule has 5 rings (SSSR count). The van der Waals surface area contributed by atoms with Gasteiger partial charge in [-0.05, 0) is 54.1 Å². The van der Waals surface area contributed by atoms with Crippen LogP contribution in [-0.4, -0.2) is 37.6 Å². The Kier molecular flexibility index (Phi) is 5.85. The number of hydrogen-bond acceptors (Lipinski definition) is 5. The highest BCUT2D eigenvalue weighted by Gasteiger charge is 2.19. The standard InChI is InChI=1S/C26H22N6O2/c1-34-23-13-9-20(10-14-23)25-24(16-31(30-25)21-5-3-2-4-6-21)26(33)28-15-19-7-11-22(12-8-19)32-18-27-17-29-32/h2-14,16-18H,15H2,1H3,(H,28,33). The van der Waals surface area contributed by atoms with Crippen molar-refractivity contribution < 1.29 is 9.53 Å². The lowest BCUT2D eigenvalue weighted by atomic mass is 10.1. The summed E-state index contributed by atoms with van der Waals surface area (Å²) in [6.07, 6.45) is 4.89. The van der Waals surface area contributed by atoms with E-state index < -0.39 is 0 Å². The Morgan fingerprint density at radius 1 is 0.912 bits per heavy atom. The molecule has 0 saturated carbocycles. The molecule has 0 bridgehead atoms.